The van der Waals surface area contributed by atoms with Crippen LogP contribution in [0, 0.1) is 31.1 Å². The third-order valence-corrected chi connectivity index (χ3v) is 7.26. The van der Waals surface area contributed by atoms with E-state index in [4.69, 9.17) is 14.7 Å². The van der Waals surface area contributed by atoms with Gasteiger partial charge in [-0.3, -0.25) is 4.98 Å². The quantitative estimate of drug-likeness (QED) is 0.264. The Kier molecular flexibility index (Phi) is 6.08. The number of nitriles is 1. The minimum Gasteiger partial charge on any atom is -0.436 e. The summed E-state index contributed by atoms with van der Waals surface area (Å²) in [5.41, 5.74) is 7.68. The Morgan fingerprint density at radius 1 is 1.08 bits per heavy atom. The molecule has 0 fully saturated rings. The molecule has 0 radical (unpaired) electrons. The molecule has 0 aliphatic heterocycles. The zero-order valence-corrected chi connectivity index (χ0v) is 22.4. The van der Waals surface area contributed by atoms with Gasteiger partial charge in [0, 0.05) is 48.2 Å². The molecule has 1 N–H and O–H groups in total. The van der Waals surface area contributed by atoms with Crippen LogP contribution in [0.5, 0.6) is 11.6 Å². The number of nitrogens with one attached hydrogen (secondary N) is 1. The molecule has 2 aromatic carbocycles. The fraction of sp³-hybridized carbons (Fsp3) is 0.188. The lowest BCUT2D eigenvalue weighted by molar-refractivity contribution is 0.459. The highest BCUT2D eigenvalue weighted by Crippen LogP contribution is 2.37. The summed E-state index contributed by atoms with van der Waals surface area (Å²) in [7, 11) is 1.96. The van der Waals surface area contributed by atoms with Crippen LogP contribution in [-0.4, -0.2) is 19.5 Å². The molecule has 39 heavy (non-hydrogen) atoms. The topological polar surface area (TPSA) is 88.7 Å². The maximum absolute atomic E-state index is 9.24. The molecule has 3 heterocycles. The number of benzene rings is 2. The summed E-state index contributed by atoms with van der Waals surface area (Å²) in [5, 5.41) is 14.9. The van der Waals surface area contributed by atoms with E-state index in [1.54, 1.807) is 0 Å². The molecule has 0 saturated heterocycles. The number of hydrogen-bond donors (Lipinski definition) is 1. The molecule has 0 bridgehead atoms. The van der Waals surface area contributed by atoms with Crippen molar-refractivity contribution in [3.8, 4) is 28.8 Å². The normalized spacial score (nSPS) is 15.1. The van der Waals surface area contributed by atoms with Crippen molar-refractivity contribution in [2.24, 2.45) is 13.0 Å². The van der Waals surface area contributed by atoms with Gasteiger partial charge in [-0.25, -0.2) is 4.98 Å². The molecule has 1 aliphatic rings. The first kappa shape index (κ1) is 24.4. The molecule has 192 valence electrons. The van der Waals surface area contributed by atoms with E-state index >= 15 is 0 Å². The van der Waals surface area contributed by atoms with E-state index in [-0.39, 0.29) is 5.92 Å². The average molecular weight is 513 g/mol. The molecule has 1 atom stereocenters. The van der Waals surface area contributed by atoms with Gasteiger partial charge in [0.2, 0.25) is 11.8 Å². The number of anilines is 1. The van der Waals surface area contributed by atoms with Gasteiger partial charge >= 0.3 is 0 Å². The van der Waals surface area contributed by atoms with E-state index in [0.29, 0.717) is 18.2 Å². The lowest BCUT2D eigenvalue weighted by Gasteiger charge is -2.20. The zero-order chi connectivity index (χ0) is 27.1. The molecule has 5 aromatic rings. The maximum Gasteiger partial charge on any atom is 0.249 e. The summed E-state index contributed by atoms with van der Waals surface area (Å²) >= 11 is 0. The number of fused-ring (bicyclic) bond motifs is 2. The number of nitrogens with zero attached hydrogens (tertiary/aromatic N) is 5. The van der Waals surface area contributed by atoms with Crippen molar-refractivity contribution in [2.75, 3.05) is 5.32 Å². The van der Waals surface area contributed by atoms with Crippen LogP contribution >= 0.6 is 0 Å². The summed E-state index contributed by atoms with van der Waals surface area (Å²) < 4.78 is 8.54. The second-order valence-corrected chi connectivity index (χ2v) is 10.1. The van der Waals surface area contributed by atoms with E-state index < -0.39 is 0 Å². The second-order valence-electron chi connectivity index (χ2n) is 10.1. The largest absolute Gasteiger partial charge is 0.436 e. The molecule has 0 amide bonds. The first-order valence-corrected chi connectivity index (χ1v) is 12.9. The third kappa shape index (κ3) is 4.51. The van der Waals surface area contributed by atoms with Gasteiger partial charge in [-0.15, -0.1) is 0 Å². The Balaban J connectivity index is 1.39. The van der Waals surface area contributed by atoms with Gasteiger partial charge in [0.1, 0.15) is 11.3 Å². The number of pyridine rings is 1. The molecule has 7 heteroatoms. The standard InChI is InChI=1S/C32H28N6O/c1-19-14-22(17-33)8-9-27(19)35-32-36-28-11-13-38(4)29(28)31(37-32)39-30-20(2)15-24(16-21(30)3)25-7-5-6-23-18-34-12-10-26(23)25/h5-13,15-16,18-19H,14H2,1-4H3,(H,35,36,37). The highest BCUT2D eigenvalue weighted by molar-refractivity contribution is 5.96. The predicted octanol–water partition coefficient (Wildman–Crippen LogP) is 7.38. The van der Waals surface area contributed by atoms with Crippen LogP contribution in [0.25, 0.3) is 32.9 Å². The number of ether oxygens (including phenoxy) is 1. The number of allylic oxidation sites excluding steroid dienone is 4. The maximum atomic E-state index is 9.24. The monoisotopic (exact) mass is 512 g/mol. The number of rotatable bonds is 5. The van der Waals surface area contributed by atoms with Gasteiger partial charge in [-0.1, -0.05) is 25.1 Å². The molecule has 1 unspecified atom stereocenters. The van der Waals surface area contributed by atoms with E-state index in [0.717, 1.165) is 55.7 Å². The summed E-state index contributed by atoms with van der Waals surface area (Å²) in [4.78, 5) is 13.8. The van der Waals surface area contributed by atoms with Crippen LogP contribution < -0.4 is 10.1 Å². The summed E-state index contributed by atoms with van der Waals surface area (Å²) in [6.45, 7) is 6.21. The SMILES string of the molecule is Cc1cc(-c2cccc3cnccc23)cc(C)c1Oc1nc(NC2=CC=C(C#N)CC2C)nc2ccn(C)c12. The summed E-state index contributed by atoms with van der Waals surface area (Å²) in [6, 6.07) is 16.9. The van der Waals surface area contributed by atoms with E-state index in [1.807, 2.05) is 48.4 Å². The van der Waals surface area contributed by atoms with Gasteiger partial charge in [0.25, 0.3) is 0 Å². The lowest BCUT2D eigenvalue weighted by atomic mass is 9.93. The molecule has 3 aromatic heterocycles. The van der Waals surface area contributed by atoms with E-state index in [2.05, 4.69) is 73.5 Å². The highest BCUT2D eigenvalue weighted by Gasteiger charge is 2.20. The van der Waals surface area contributed by atoms with Crippen molar-refractivity contribution < 1.29 is 4.74 Å². The molecule has 0 saturated carbocycles. The number of aryl methyl sites for hydroxylation is 3. The minimum atomic E-state index is 0.158. The van der Waals surface area contributed by atoms with Gasteiger partial charge in [-0.05, 0) is 84.3 Å². The van der Waals surface area contributed by atoms with Crippen molar-refractivity contribution in [1.29, 1.82) is 5.26 Å². The Morgan fingerprint density at radius 2 is 1.90 bits per heavy atom. The van der Waals surface area contributed by atoms with Crippen LogP contribution in [0.2, 0.25) is 0 Å². The summed E-state index contributed by atoms with van der Waals surface area (Å²) in [6.07, 6.45) is 10.1. The molecular weight excluding hydrogens is 484 g/mol. The first-order valence-electron chi connectivity index (χ1n) is 12.9. The number of hydrogen-bond acceptors (Lipinski definition) is 6. The number of aromatic nitrogens is 4. The zero-order valence-electron chi connectivity index (χ0n) is 22.4. The average Bonchev–Trinajstić information content (AvgIpc) is 3.31. The van der Waals surface area contributed by atoms with Crippen LogP contribution in [0.1, 0.15) is 24.5 Å². The molecular formula is C32H28N6O. The van der Waals surface area contributed by atoms with Crippen molar-refractivity contribution >= 4 is 27.8 Å². The highest BCUT2D eigenvalue weighted by atomic mass is 16.5. The fourth-order valence-corrected chi connectivity index (χ4v) is 5.26. The van der Waals surface area contributed by atoms with E-state index in [9.17, 15) is 5.26 Å². The molecule has 6 rings (SSSR count). The van der Waals surface area contributed by atoms with Crippen molar-refractivity contribution in [2.45, 2.75) is 27.2 Å². The summed E-state index contributed by atoms with van der Waals surface area (Å²) in [5.74, 6) is 1.89. The Hall–Kier alpha value is -4.96. The molecule has 0 spiro atoms. The van der Waals surface area contributed by atoms with Crippen LogP contribution in [0.4, 0.5) is 5.95 Å². The Morgan fingerprint density at radius 3 is 2.67 bits per heavy atom. The van der Waals surface area contributed by atoms with Crippen molar-refractivity contribution in [3.05, 3.63) is 95.6 Å². The van der Waals surface area contributed by atoms with Gasteiger partial charge in [-0.2, -0.15) is 10.2 Å². The Labute approximate surface area is 227 Å². The Bertz CT molecular complexity index is 1830. The molecule has 7 nitrogen and oxygen atoms in total. The first-order chi connectivity index (χ1) is 18.9. The second kappa shape index (κ2) is 9.73. The van der Waals surface area contributed by atoms with E-state index in [1.165, 1.54) is 5.39 Å². The lowest BCUT2D eigenvalue weighted by Crippen LogP contribution is -2.14. The molecule has 1 aliphatic carbocycles. The predicted molar refractivity (Wildman–Crippen MR) is 154 cm³/mol. The van der Waals surface area contributed by atoms with Crippen LogP contribution in [0.3, 0.4) is 0 Å². The van der Waals surface area contributed by atoms with Crippen LogP contribution in [-0.2, 0) is 7.05 Å². The third-order valence-electron chi connectivity index (χ3n) is 7.26. The van der Waals surface area contributed by atoms with Gasteiger partial charge in [0.05, 0.1) is 11.6 Å². The van der Waals surface area contributed by atoms with Crippen molar-refractivity contribution in [3.63, 3.8) is 0 Å². The van der Waals surface area contributed by atoms with Crippen molar-refractivity contribution in [1.82, 2.24) is 19.5 Å². The van der Waals surface area contributed by atoms with Gasteiger partial charge < -0.3 is 14.6 Å². The van der Waals surface area contributed by atoms with Gasteiger partial charge in [0.15, 0.2) is 0 Å². The smallest absolute Gasteiger partial charge is 0.249 e. The fourth-order valence-electron chi connectivity index (χ4n) is 5.26. The minimum absolute atomic E-state index is 0.158. The van der Waals surface area contributed by atoms with Crippen LogP contribution in [0.15, 0.2) is 84.5 Å².